The van der Waals surface area contributed by atoms with E-state index in [1.807, 2.05) is 44.2 Å². The molecule has 154 valence electrons. The first kappa shape index (κ1) is 20.0. The van der Waals surface area contributed by atoms with Gasteiger partial charge in [0, 0.05) is 16.8 Å². The van der Waals surface area contributed by atoms with Crippen LogP contribution in [0.5, 0.6) is 5.88 Å². The highest BCUT2D eigenvalue weighted by atomic mass is 32.1. The smallest absolute Gasteiger partial charge is 0.284 e. The second-order valence-electron chi connectivity index (χ2n) is 6.90. The number of aromatic nitrogens is 3. The molecule has 0 aliphatic heterocycles. The van der Waals surface area contributed by atoms with E-state index >= 15 is 0 Å². The molecule has 9 heteroatoms. The molecule has 30 heavy (non-hydrogen) atoms. The van der Waals surface area contributed by atoms with Gasteiger partial charge in [0.25, 0.3) is 11.5 Å². The molecule has 0 saturated carbocycles. The van der Waals surface area contributed by atoms with Gasteiger partial charge in [0.05, 0.1) is 17.2 Å². The lowest BCUT2D eigenvalue weighted by Crippen LogP contribution is -2.23. The maximum absolute atomic E-state index is 12.6. The van der Waals surface area contributed by atoms with E-state index in [0.29, 0.717) is 22.1 Å². The summed E-state index contributed by atoms with van der Waals surface area (Å²) < 4.78 is 2.98. The molecule has 3 heterocycles. The van der Waals surface area contributed by atoms with Crippen LogP contribution in [0.15, 0.2) is 51.7 Å². The third kappa shape index (κ3) is 3.52. The van der Waals surface area contributed by atoms with Gasteiger partial charge in [-0.05, 0) is 25.0 Å². The Balaban J connectivity index is 1.62. The Hall–Kier alpha value is -3.33. The van der Waals surface area contributed by atoms with Crippen molar-refractivity contribution in [1.82, 2.24) is 14.1 Å². The lowest BCUT2D eigenvalue weighted by molar-refractivity contribution is -0.118. The summed E-state index contributed by atoms with van der Waals surface area (Å²) in [5.41, 5.74) is 0.800. The van der Waals surface area contributed by atoms with Crippen LogP contribution in [0.2, 0.25) is 0 Å². The van der Waals surface area contributed by atoms with Gasteiger partial charge in [0.1, 0.15) is 11.4 Å². The molecule has 4 rings (SSSR count). The molecule has 0 aliphatic rings. The molecule has 4 aromatic rings. The molecule has 1 amide bonds. The van der Waals surface area contributed by atoms with Crippen molar-refractivity contribution in [3.8, 4) is 5.88 Å². The number of amides is 1. The second-order valence-corrected chi connectivity index (χ2v) is 8.01. The Morgan fingerprint density at radius 1 is 1.23 bits per heavy atom. The predicted octanol–water partition coefficient (Wildman–Crippen LogP) is 4.40. The topological polar surface area (TPSA) is 102 Å². The maximum Gasteiger partial charge on any atom is 0.284 e. The average molecular weight is 423 g/mol. The average Bonchev–Trinajstić information content (AvgIpc) is 3.29. The first-order valence-corrected chi connectivity index (χ1v) is 10.6. The van der Waals surface area contributed by atoms with Crippen LogP contribution in [0.4, 0.5) is 5.69 Å². The summed E-state index contributed by atoms with van der Waals surface area (Å²) >= 11 is 1.47. The second kappa shape index (κ2) is 8.19. The summed E-state index contributed by atoms with van der Waals surface area (Å²) in [5.74, 6) is -0.629. The minimum atomic E-state index is -0.601. The Labute approximate surface area is 176 Å². The standard InChI is InChI=1S/C21H21N5O3S/c1-3-9-26-16-8-6-5-7-14(16)18(21(26)29)24-23-17(27)11-25-12-22-19-15(20(25)28)10-13(4-2)30-19/h5-8,10,12,29H,3-4,9,11H2,1-2H3. The molecule has 1 N–H and O–H groups in total. The maximum atomic E-state index is 12.6. The van der Waals surface area contributed by atoms with Crippen LogP contribution < -0.4 is 5.56 Å². The molecule has 0 unspecified atom stereocenters. The monoisotopic (exact) mass is 423 g/mol. The lowest BCUT2D eigenvalue weighted by atomic mass is 10.2. The number of para-hydroxylation sites is 1. The van der Waals surface area contributed by atoms with E-state index in [1.54, 1.807) is 4.57 Å². The van der Waals surface area contributed by atoms with Crippen LogP contribution in [0.1, 0.15) is 25.1 Å². The first-order chi connectivity index (χ1) is 14.5. The minimum Gasteiger partial charge on any atom is -0.493 e. The molecule has 0 spiro atoms. The van der Waals surface area contributed by atoms with Gasteiger partial charge in [-0.3, -0.25) is 14.2 Å². The van der Waals surface area contributed by atoms with Crippen molar-refractivity contribution in [2.45, 2.75) is 39.8 Å². The highest BCUT2D eigenvalue weighted by Gasteiger charge is 2.16. The van der Waals surface area contributed by atoms with Gasteiger partial charge in [-0.15, -0.1) is 21.6 Å². The number of benzene rings is 1. The van der Waals surface area contributed by atoms with E-state index in [1.165, 1.54) is 22.2 Å². The van der Waals surface area contributed by atoms with E-state index in [0.717, 1.165) is 23.2 Å². The number of aromatic hydroxyl groups is 1. The van der Waals surface area contributed by atoms with Crippen LogP contribution in [0.25, 0.3) is 21.1 Å². The molecule has 8 nitrogen and oxygen atoms in total. The van der Waals surface area contributed by atoms with Gasteiger partial charge in [-0.1, -0.05) is 32.0 Å². The quantitative estimate of drug-likeness (QED) is 0.464. The van der Waals surface area contributed by atoms with Crippen molar-refractivity contribution in [1.29, 1.82) is 0 Å². The fourth-order valence-electron chi connectivity index (χ4n) is 3.40. The molecule has 0 atom stereocenters. The number of aryl methyl sites for hydroxylation is 2. The minimum absolute atomic E-state index is 0.0276. The number of azo groups is 1. The van der Waals surface area contributed by atoms with Crippen LogP contribution >= 0.6 is 11.3 Å². The van der Waals surface area contributed by atoms with Crippen molar-refractivity contribution >= 4 is 44.1 Å². The molecule has 0 aliphatic carbocycles. The van der Waals surface area contributed by atoms with Gasteiger partial charge < -0.3 is 9.67 Å². The summed E-state index contributed by atoms with van der Waals surface area (Å²) in [4.78, 5) is 31.0. The third-order valence-electron chi connectivity index (χ3n) is 4.85. The highest BCUT2D eigenvalue weighted by Crippen LogP contribution is 2.38. The number of carbonyl (C=O) groups excluding carboxylic acids is 1. The Bertz CT molecular complexity index is 1330. The van der Waals surface area contributed by atoms with Gasteiger partial charge in [-0.2, -0.15) is 0 Å². The normalized spacial score (nSPS) is 11.8. The summed E-state index contributed by atoms with van der Waals surface area (Å²) in [6.45, 7) is 4.38. The van der Waals surface area contributed by atoms with E-state index in [-0.39, 0.29) is 23.7 Å². The number of rotatable bonds is 6. The fourth-order valence-corrected chi connectivity index (χ4v) is 4.33. The third-order valence-corrected chi connectivity index (χ3v) is 6.04. The van der Waals surface area contributed by atoms with Crippen LogP contribution in [0.3, 0.4) is 0 Å². The van der Waals surface area contributed by atoms with Gasteiger partial charge >= 0.3 is 0 Å². The van der Waals surface area contributed by atoms with Crippen LogP contribution in [-0.4, -0.2) is 25.1 Å². The number of nitrogens with zero attached hydrogens (tertiary/aromatic N) is 5. The zero-order valence-electron chi connectivity index (χ0n) is 16.7. The van der Waals surface area contributed by atoms with E-state index < -0.39 is 5.91 Å². The van der Waals surface area contributed by atoms with Gasteiger partial charge in [0.2, 0.25) is 5.88 Å². The molecule has 0 bridgehead atoms. The summed E-state index contributed by atoms with van der Waals surface area (Å²) in [5, 5.41) is 19.5. The summed E-state index contributed by atoms with van der Waals surface area (Å²) in [7, 11) is 0. The van der Waals surface area contributed by atoms with Gasteiger partial charge in [0.15, 0.2) is 5.69 Å². The van der Waals surface area contributed by atoms with Crippen LogP contribution in [-0.2, 0) is 24.3 Å². The van der Waals surface area contributed by atoms with Crippen molar-refractivity contribution < 1.29 is 9.90 Å². The van der Waals surface area contributed by atoms with Gasteiger partial charge in [-0.25, -0.2) is 4.98 Å². The zero-order chi connectivity index (χ0) is 21.3. The molecule has 3 aromatic heterocycles. The predicted molar refractivity (Wildman–Crippen MR) is 117 cm³/mol. The van der Waals surface area contributed by atoms with E-state index in [2.05, 4.69) is 15.2 Å². The first-order valence-electron chi connectivity index (χ1n) is 9.76. The summed E-state index contributed by atoms with van der Waals surface area (Å²) in [6, 6.07) is 9.24. The molecular weight excluding hydrogens is 402 g/mol. The molecule has 1 aromatic carbocycles. The molecule has 0 fully saturated rings. The number of hydrogen-bond acceptors (Lipinski definition) is 6. The Kier molecular flexibility index (Phi) is 5.45. The van der Waals surface area contributed by atoms with Crippen molar-refractivity contribution in [3.05, 3.63) is 51.9 Å². The lowest BCUT2D eigenvalue weighted by Gasteiger charge is -2.03. The van der Waals surface area contributed by atoms with E-state index in [9.17, 15) is 14.7 Å². The fraction of sp³-hybridized carbons (Fsp3) is 0.286. The molecule has 0 saturated heterocycles. The van der Waals surface area contributed by atoms with E-state index in [4.69, 9.17) is 0 Å². The Morgan fingerprint density at radius 2 is 2.03 bits per heavy atom. The largest absolute Gasteiger partial charge is 0.493 e. The number of hydrogen-bond donors (Lipinski definition) is 1. The zero-order valence-corrected chi connectivity index (χ0v) is 17.5. The number of fused-ring (bicyclic) bond motifs is 2. The van der Waals surface area contributed by atoms with Crippen molar-refractivity contribution in [3.63, 3.8) is 0 Å². The van der Waals surface area contributed by atoms with Crippen LogP contribution in [0, 0.1) is 0 Å². The molecular formula is C21H21N5O3S. The molecule has 0 radical (unpaired) electrons. The Morgan fingerprint density at radius 3 is 2.80 bits per heavy atom. The van der Waals surface area contributed by atoms with Crippen molar-refractivity contribution in [2.75, 3.05) is 0 Å². The summed E-state index contributed by atoms with van der Waals surface area (Å²) in [6.07, 6.45) is 3.02. The number of carbonyl (C=O) groups is 1. The SMILES string of the molecule is CCCn1c(O)c(N=NC(=O)Cn2cnc3sc(CC)cc3c2=O)c2ccccc21. The van der Waals surface area contributed by atoms with Crippen molar-refractivity contribution in [2.24, 2.45) is 10.2 Å². The highest BCUT2D eigenvalue weighted by molar-refractivity contribution is 7.18. The number of thiophene rings is 1.